The van der Waals surface area contributed by atoms with Gasteiger partial charge in [-0.15, -0.1) is 12.4 Å². The number of nitrogens with zero attached hydrogens (tertiary/aromatic N) is 2. The highest BCUT2D eigenvalue weighted by atomic mass is 35.5. The van der Waals surface area contributed by atoms with Gasteiger partial charge in [0.1, 0.15) is 0 Å². The fourth-order valence-corrected chi connectivity index (χ4v) is 5.07. The Morgan fingerprint density at radius 2 is 1.83 bits per heavy atom. The quantitative estimate of drug-likeness (QED) is 0.785. The average molecular weight is 421 g/mol. The zero-order chi connectivity index (χ0) is 19.3. The molecule has 160 valence electrons. The predicted octanol–water partition coefficient (Wildman–Crippen LogP) is 2.84. The average Bonchev–Trinajstić information content (AvgIpc) is 3.30. The fraction of sp³-hybridized carbons (Fsp3) is 0.682. The van der Waals surface area contributed by atoms with Crippen molar-refractivity contribution in [2.45, 2.75) is 63.5 Å². The number of aromatic nitrogens is 1. The summed E-state index contributed by atoms with van der Waals surface area (Å²) in [5.41, 5.74) is 1.10. The van der Waals surface area contributed by atoms with Gasteiger partial charge in [-0.05, 0) is 50.2 Å². The lowest BCUT2D eigenvalue weighted by Crippen LogP contribution is -2.51. The fourth-order valence-electron chi connectivity index (χ4n) is 5.07. The van der Waals surface area contributed by atoms with E-state index in [1.54, 1.807) is 6.20 Å². The molecule has 1 atom stereocenters. The van der Waals surface area contributed by atoms with Gasteiger partial charge in [-0.25, -0.2) is 0 Å². The van der Waals surface area contributed by atoms with Crippen LogP contribution in [-0.4, -0.2) is 47.4 Å². The van der Waals surface area contributed by atoms with Crippen LogP contribution < -0.4 is 10.6 Å². The number of amides is 2. The lowest BCUT2D eigenvalue weighted by atomic mass is 9.84. The van der Waals surface area contributed by atoms with Crippen LogP contribution in [0.5, 0.6) is 0 Å². The molecule has 0 aromatic carbocycles. The summed E-state index contributed by atoms with van der Waals surface area (Å²) in [6.07, 6.45) is 11.7. The van der Waals surface area contributed by atoms with Crippen LogP contribution in [0.15, 0.2) is 24.5 Å². The summed E-state index contributed by atoms with van der Waals surface area (Å²) in [6, 6.07) is 4.30. The van der Waals surface area contributed by atoms with Crippen LogP contribution in [0.2, 0.25) is 0 Å². The summed E-state index contributed by atoms with van der Waals surface area (Å²) in [4.78, 5) is 31.9. The van der Waals surface area contributed by atoms with Crippen LogP contribution in [0.1, 0.15) is 63.0 Å². The minimum absolute atomic E-state index is 0. The van der Waals surface area contributed by atoms with Crippen molar-refractivity contribution in [1.29, 1.82) is 0 Å². The number of pyridine rings is 1. The Morgan fingerprint density at radius 1 is 1.07 bits per heavy atom. The van der Waals surface area contributed by atoms with Gasteiger partial charge in [0.2, 0.25) is 11.8 Å². The number of halogens is 1. The van der Waals surface area contributed by atoms with E-state index >= 15 is 0 Å². The molecule has 0 spiro atoms. The molecule has 2 aliphatic carbocycles. The van der Waals surface area contributed by atoms with Crippen molar-refractivity contribution in [1.82, 2.24) is 20.5 Å². The Bertz CT molecular complexity index is 673. The van der Waals surface area contributed by atoms with Crippen LogP contribution in [0.4, 0.5) is 0 Å². The number of piperazine rings is 1. The molecule has 1 aliphatic heterocycles. The molecule has 2 amide bonds. The largest absolute Gasteiger partial charge is 0.353 e. The Balaban J connectivity index is 0.00000240. The van der Waals surface area contributed by atoms with Gasteiger partial charge in [-0.2, -0.15) is 0 Å². The Hall–Kier alpha value is -1.66. The molecule has 0 bridgehead atoms. The monoisotopic (exact) mass is 420 g/mol. The maximum absolute atomic E-state index is 13.3. The van der Waals surface area contributed by atoms with Crippen LogP contribution in [0.25, 0.3) is 0 Å². The van der Waals surface area contributed by atoms with Gasteiger partial charge in [-0.1, -0.05) is 18.9 Å². The molecule has 4 rings (SSSR count). The highest BCUT2D eigenvalue weighted by Crippen LogP contribution is 2.31. The Morgan fingerprint density at radius 3 is 2.52 bits per heavy atom. The Kier molecular flexibility index (Phi) is 7.90. The summed E-state index contributed by atoms with van der Waals surface area (Å²) in [7, 11) is 0. The van der Waals surface area contributed by atoms with Crippen molar-refractivity contribution in [2.75, 3.05) is 19.6 Å². The number of hydrogen-bond donors (Lipinski definition) is 2. The van der Waals surface area contributed by atoms with Crippen molar-refractivity contribution in [3.63, 3.8) is 0 Å². The third-order valence-electron chi connectivity index (χ3n) is 6.74. The van der Waals surface area contributed by atoms with Gasteiger partial charge in [0.25, 0.3) is 0 Å². The number of carbonyl (C=O) groups excluding carboxylic acids is 2. The minimum atomic E-state index is 0. The van der Waals surface area contributed by atoms with Gasteiger partial charge in [-0.3, -0.25) is 14.6 Å². The summed E-state index contributed by atoms with van der Waals surface area (Å²) in [5.74, 6) is 0.819. The lowest BCUT2D eigenvalue weighted by Gasteiger charge is -2.40. The van der Waals surface area contributed by atoms with Gasteiger partial charge < -0.3 is 15.5 Å². The van der Waals surface area contributed by atoms with E-state index in [4.69, 9.17) is 0 Å². The molecule has 7 heteroatoms. The standard InChI is InChI=1S/C22H32N4O2.ClH/c27-21(16-4-1-2-5-16)25-19-9-7-17(8-10-19)22(28)26-13-12-24-15-20(26)18-6-3-11-23-14-18;/h3,6,11,14,16-17,19-20,24H,1-2,4-5,7-10,12-13,15H2,(H,25,27);1H. The highest BCUT2D eigenvalue weighted by molar-refractivity contribution is 5.85. The maximum Gasteiger partial charge on any atom is 0.226 e. The van der Waals surface area contributed by atoms with E-state index in [9.17, 15) is 9.59 Å². The first-order valence-electron chi connectivity index (χ1n) is 10.9. The van der Waals surface area contributed by atoms with Gasteiger partial charge in [0.15, 0.2) is 0 Å². The molecule has 29 heavy (non-hydrogen) atoms. The molecule has 0 radical (unpaired) electrons. The second-order valence-electron chi connectivity index (χ2n) is 8.58. The summed E-state index contributed by atoms with van der Waals surface area (Å²) in [5, 5.41) is 6.66. The molecule has 1 aromatic heterocycles. The van der Waals surface area contributed by atoms with Crippen LogP contribution in [-0.2, 0) is 9.59 Å². The molecule has 3 fully saturated rings. The normalized spacial score (nSPS) is 27.9. The van der Waals surface area contributed by atoms with E-state index in [-0.39, 0.29) is 48.1 Å². The predicted molar refractivity (Wildman–Crippen MR) is 115 cm³/mol. The molecular formula is C22H33ClN4O2. The molecule has 1 aromatic rings. The summed E-state index contributed by atoms with van der Waals surface area (Å²) < 4.78 is 0. The molecule has 2 heterocycles. The van der Waals surface area contributed by atoms with E-state index in [1.165, 1.54) is 12.8 Å². The first-order valence-corrected chi connectivity index (χ1v) is 10.9. The molecule has 6 nitrogen and oxygen atoms in total. The number of nitrogens with one attached hydrogen (secondary N) is 2. The smallest absolute Gasteiger partial charge is 0.226 e. The lowest BCUT2D eigenvalue weighted by molar-refractivity contribution is -0.140. The minimum Gasteiger partial charge on any atom is -0.353 e. The molecule has 1 unspecified atom stereocenters. The molecule has 1 saturated heterocycles. The van der Waals surface area contributed by atoms with Gasteiger partial charge >= 0.3 is 0 Å². The zero-order valence-electron chi connectivity index (χ0n) is 17.0. The Labute approximate surface area is 179 Å². The first-order chi connectivity index (χ1) is 13.7. The van der Waals surface area contributed by atoms with E-state index in [1.807, 2.05) is 12.3 Å². The van der Waals surface area contributed by atoms with Crippen LogP contribution in [0.3, 0.4) is 0 Å². The zero-order valence-corrected chi connectivity index (χ0v) is 17.8. The molecule has 2 N–H and O–H groups in total. The first kappa shape index (κ1) is 22.0. The van der Waals surface area contributed by atoms with Gasteiger partial charge in [0, 0.05) is 49.9 Å². The van der Waals surface area contributed by atoms with Crippen molar-refractivity contribution in [3.8, 4) is 0 Å². The van der Waals surface area contributed by atoms with Crippen molar-refractivity contribution < 1.29 is 9.59 Å². The second-order valence-corrected chi connectivity index (χ2v) is 8.58. The van der Waals surface area contributed by atoms with Gasteiger partial charge in [0.05, 0.1) is 6.04 Å². The van der Waals surface area contributed by atoms with Crippen molar-refractivity contribution in [3.05, 3.63) is 30.1 Å². The summed E-state index contributed by atoms with van der Waals surface area (Å²) >= 11 is 0. The van der Waals surface area contributed by atoms with E-state index in [2.05, 4.69) is 26.6 Å². The second kappa shape index (κ2) is 10.4. The molecule has 2 saturated carbocycles. The SMILES string of the molecule is Cl.O=C(NC1CCC(C(=O)N2CCNCC2c2cccnc2)CC1)C1CCCC1. The highest BCUT2D eigenvalue weighted by Gasteiger charge is 2.35. The van der Waals surface area contributed by atoms with E-state index < -0.39 is 0 Å². The van der Waals surface area contributed by atoms with Crippen molar-refractivity contribution in [2.24, 2.45) is 11.8 Å². The number of carbonyl (C=O) groups is 2. The van der Waals surface area contributed by atoms with Crippen molar-refractivity contribution >= 4 is 24.2 Å². The summed E-state index contributed by atoms with van der Waals surface area (Å²) in [6.45, 7) is 2.37. The van der Waals surface area contributed by atoms with E-state index in [0.717, 1.165) is 63.7 Å². The van der Waals surface area contributed by atoms with E-state index in [0.29, 0.717) is 0 Å². The molecular weight excluding hydrogens is 388 g/mol. The number of rotatable bonds is 4. The molecule has 3 aliphatic rings. The number of hydrogen-bond acceptors (Lipinski definition) is 4. The van der Waals surface area contributed by atoms with Crippen LogP contribution in [0, 0.1) is 11.8 Å². The van der Waals surface area contributed by atoms with Crippen LogP contribution >= 0.6 is 12.4 Å². The topological polar surface area (TPSA) is 74.3 Å². The third kappa shape index (κ3) is 5.28. The maximum atomic E-state index is 13.3. The third-order valence-corrected chi connectivity index (χ3v) is 6.74.